The van der Waals surface area contributed by atoms with E-state index in [0.29, 0.717) is 24.5 Å². The van der Waals surface area contributed by atoms with Gasteiger partial charge in [-0.15, -0.1) is 0 Å². The Balaban J connectivity index is 2.02. The van der Waals surface area contributed by atoms with Crippen molar-refractivity contribution in [3.63, 3.8) is 0 Å². The molecule has 0 aliphatic rings. The van der Waals surface area contributed by atoms with Crippen LogP contribution in [0.1, 0.15) is 18.1 Å². The predicted molar refractivity (Wildman–Crippen MR) is 79.2 cm³/mol. The van der Waals surface area contributed by atoms with Crippen LogP contribution in [0.15, 0.2) is 48.5 Å². The number of phenolic OH excluding ortho intramolecular Hbond substituents is 1. The summed E-state index contributed by atoms with van der Waals surface area (Å²) in [7, 11) is 0. The Kier molecular flexibility index (Phi) is 5.21. The second kappa shape index (κ2) is 7.33. The highest BCUT2D eigenvalue weighted by Crippen LogP contribution is 2.24. The molecule has 21 heavy (non-hydrogen) atoms. The minimum atomic E-state index is -0.368. The van der Waals surface area contributed by atoms with E-state index in [1.165, 1.54) is 6.07 Å². The summed E-state index contributed by atoms with van der Waals surface area (Å²) in [5.74, 6) is 0.305. The van der Waals surface area contributed by atoms with E-state index in [1.54, 1.807) is 19.1 Å². The number of benzene rings is 2. The SMILES string of the molecule is CCOC(=O)Cc1cc(OCc2ccccc2)ccc1O. The maximum absolute atomic E-state index is 11.5. The number of ether oxygens (including phenoxy) is 2. The van der Waals surface area contributed by atoms with Crippen molar-refractivity contribution in [1.82, 2.24) is 0 Å². The smallest absolute Gasteiger partial charge is 0.310 e. The lowest BCUT2D eigenvalue weighted by Crippen LogP contribution is -2.07. The lowest BCUT2D eigenvalue weighted by molar-refractivity contribution is -0.142. The average molecular weight is 286 g/mol. The molecule has 0 unspecified atom stereocenters. The highest BCUT2D eigenvalue weighted by molar-refractivity contribution is 5.73. The van der Waals surface area contributed by atoms with E-state index in [-0.39, 0.29) is 18.1 Å². The number of hydrogen-bond acceptors (Lipinski definition) is 4. The fourth-order valence-electron chi connectivity index (χ4n) is 1.90. The Labute approximate surface area is 123 Å². The summed E-state index contributed by atoms with van der Waals surface area (Å²) in [5.41, 5.74) is 1.55. The number of carbonyl (C=O) groups is 1. The summed E-state index contributed by atoms with van der Waals surface area (Å²) in [6.45, 7) is 2.51. The van der Waals surface area contributed by atoms with Gasteiger partial charge in [0.2, 0.25) is 0 Å². The first kappa shape index (κ1) is 14.9. The number of carbonyl (C=O) groups excluding carboxylic acids is 1. The maximum atomic E-state index is 11.5. The zero-order chi connectivity index (χ0) is 15.1. The van der Waals surface area contributed by atoms with Crippen LogP contribution < -0.4 is 4.74 Å². The van der Waals surface area contributed by atoms with Crippen LogP contribution in [0.25, 0.3) is 0 Å². The van der Waals surface area contributed by atoms with E-state index >= 15 is 0 Å². The molecule has 2 aromatic rings. The third-order valence-corrected chi connectivity index (χ3v) is 2.94. The Bertz CT molecular complexity index is 593. The van der Waals surface area contributed by atoms with Gasteiger partial charge in [0.15, 0.2) is 0 Å². The van der Waals surface area contributed by atoms with Crippen molar-refractivity contribution in [1.29, 1.82) is 0 Å². The van der Waals surface area contributed by atoms with E-state index in [0.717, 1.165) is 5.56 Å². The summed E-state index contributed by atoms with van der Waals surface area (Å²) >= 11 is 0. The molecule has 0 aromatic heterocycles. The van der Waals surface area contributed by atoms with E-state index in [9.17, 15) is 9.90 Å². The second-order valence-corrected chi connectivity index (χ2v) is 4.55. The minimum Gasteiger partial charge on any atom is -0.508 e. The van der Waals surface area contributed by atoms with Gasteiger partial charge in [-0.1, -0.05) is 30.3 Å². The number of hydrogen-bond donors (Lipinski definition) is 1. The molecule has 0 bridgehead atoms. The van der Waals surface area contributed by atoms with Crippen molar-refractivity contribution in [3.8, 4) is 11.5 Å². The Morgan fingerprint density at radius 1 is 1.14 bits per heavy atom. The van der Waals surface area contributed by atoms with Crippen LogP contribution in [0.4, 0.5) is 0 Å². The zero-order valence-electron chi connectivity index (χ0n) is 11.9. The van der Waals surface area contributed by atoms with Crippen LogP contribution in [-0.4, -0.2) is 17.7 Å². The van der Waals surface area contributed by atoms with Gasteiger partial charge in [0.05, 0.1) is 13.0 Å². The minimum absolute atomic E-state index is 0.0300. The van der Waals surface area contributed by atoms with Gasteiger partial charge in [-0.2, -0.15) is 0 Å². The summed E-state index contributed by atoms with van der Waals surface area (Å²) in [6.07, 6.45) is 0.0300. The molecule has 0 radical (unpaired) electrons. The first-order chi connectivity index (χ1) is 10.2. The van der Waals surface area contributed by atoms with E-state index in [1.807, 2.05) is 30.3 Å². The molecule has 0 aliphatic heterocycles. The lowest BCUT2D eigenvalue weighted by Gasteiger charge is -2.09. The van der Waals surface area contributed by atoms with E-state index in [4.69, 9.17) is 9.47 Å². The molecule has 0 heterocycles. The largest absolute Gasteiger partial charge is 0.508 e. The van der Waals surface area contributed by atoms with Crippen molar-refractivity contribution >= 4 is 5.97 Å². The molecule has 0 spiro atoms. The molecule has 0 aliphatic carbocycles. The molecule has 0 amide bonds. The third-order valence-electron chi connectivity index (χ3n) is 2.94. The van der Waals surface area contributed by atoms with Gasteiger partial charge in [-0.05, 0) is 30.7 Å². The van der Waals surface area contributed by atoms with E-state index in [2.05, 4.69) is 0 Å². The first-order valence-electron chi connectivity index (χ1n) is 6.83. The third kappa shape index (κ3) is 4.53. The molecule has 0 saturated heterocycles. The van der Waals surface area contributed by atoms with Crippen molar-refractivity contribution < 1.29 is 19.4 Å². The monoisotopic (exact) mass is 286 g/mol. The van der Waals surface area contributed by atoms with Crippen molar-refractivity contribution in [2.24, 2.45) is 0 Å². The first-order valence-corrected chi connectivity index (χ1v) is 6.83. The van der Waals surface area contributed by atoms with Crippen molar-refractivity contribution in [2.75, 3.05) is 6.61 Å². The van der Waals surface area contributed by atoms with Gasteiger partial charge in [0.25, 0.3) is 0 Å². The second-order valence-electron chi connectivity index (χ2n) is 4.55. The van der Waals surface area contributed by atoms with E-state index < -0.39 is 0 Å². The van der Waals surface area contributed by atoms with Crippen LogP contribution >= 0.6 is 0 Å². The lowest BCUT2D eigenvalue weighted by atomic mass is 10.1. The molecule has 0 atom stereocenters. The van der Waals surface area contributed by atoms with Crippen LogP contribution in [0, 0.1) is 0 Å². The molecule has 4 heteroatoms. The Morgan fingerprint density at radius 2 is 1.90 bits per heavy atom. The zero-order valence-corrected chi connectivity index (χ0v) is 11.9. The quantitative estimate of drug-likeness (QED) is 0.829. The molecular weight excluding hydrogens is 268 g/mol. The van der Waals surface area contributed by atoms with Gasteiger partial charge in [-0.3, -0.25) is 4.79 Å². The molecule has 0 saturated carbocycles. The fourth-order valence-corrected chi connectivity index (χ4v) is 1.90. The molecule has 2 aromatic carbocycles. The summed E-state index contributed by atoms with van der Waals surface area (Å²) in [6, 6.07) is 14.6. The average Bonchev–Trinajstić information content (AvgIpc) is 2.49. The predicted octanol–water partition coefficient (Wildman–Crippen LogP) is 3.08. The number of rotatable bonds is 6. The maximum Gasteiger partial charge on any atom is 0.310 e. The van der Waals surface area contributed by atoms with Crippen molar-refractivity contribution in [3.05, 3.63) is 59.7 Å². The highest BCUT2D eigenvalue weighted by atomic mass is 16.5. The Morgan fingerprint density at radius 3 is 2.62 bits per heavy atom. The molecule has 0 fully saturated rings. The number of esters is 1. The van der Waals surface area contributed by atoms with Crippen molar-refractivity contribution in [2.45, 2.75) is 20.0 Å². The van der Waals surface area contributed by atoms with Crippen LogP contribution in [0.2, 0.25) is 0 Å². The highest BCUT2D eigenvalue weighted by Gasteiger charge is 2.10. The van der Waals surface area contributed by atoms with Crippen LogP contribution in [0.5, 0.6) is 11.5 Å². The molecule has 110 valence electrons. The number of aromatic hydroxyl groups is 1. The molecule has 2 rings (SSSR count). The summed E-state index contributed by atoms with van der Waals surface area (Å²) < 4.78 is 10.5. The van der Waals surface area contributed by atoms with Crippen LogP contribution in [-0.2, 0) is 22.6 Å². The fraction of sp³-hybridized carbons (Fsp3) is 0.235. The normalized spacial score (nSPS) is 10.1. The summed E-state index contributed by atoms with van der Waals surface area (Å²) in [5, 5.41) is 9.77. The standard InChI is InChI=1S/C17H18O4/c1-2-20-17(19)11-14-10-15(8-9-16(14)18)21-12-13-6-4-3-5-7-13/h3-10,18H,2,11-12H2,1H3. The van der Waals surface area contributed by atoms with Gasteiger partial charge in [-0.25, -0.2) is 0 Å². The van der Waals surface area contributed by atoms with Gasteiger partial charge >= 0.3 is 5.97 Å². The molecular formula is C17H18O4. The molecule has 4 nitrogen and oxygen atoms in total. The topological polar surface area (TPSA) is 55.8 Å². The van der Waals surface area contributed by atoms with Gasteiger partial charge in [0, 0.05) is 5.56 Å². The van der Waals surface area contributed by atoms with Crippen LogP contribution in [0.3, 0.4) is 0 Å². The summed E-state index contributed by atoms with van der Waals surface area (Å²) in [4.78, 5) is 11.5. The van der Waals surface area contributed by atoms with Gasteiger partial charge in [0.1, 0.15) is 18.1 Å². The van der Waals surface area contributed by atoms with Gasteiger partial charge < -0.3 is 14.6 Å². The number of phenols is 1. The Hall–Kier alpha value is -2.49. The molecule has 1 N–H and O–H groups in total.